The molecule has 0 N–H and O–H groups in total. The zero-order valence-corrected chi connectivity index (χ0v) is 10.7. The van der Waals surface area contributed by atoms with Gasteiger partial charge in [-0.15, -0.1) is 0 Å². The van der Waals surface area contributed by atoms with Gasteiger partial charge in [-0.1, -0.05) is 37.6 Å². The van der Waals surface area contributed by atoms with Crippen LogP contribution in [0.2, 0.25) is 0 Å². The molecule has 0 nitrogen and oxygen atoms in total. The van der Waals surface area contributed by atoms with Crippen LogP contribution in [0.3, 0.4) is 0 Å². The molecule has 0 radical (unpaired) electrons. The van der Waals surface area contributed by atoms with Crippen LogP contribution in [0.15, 0.2) is 23.8 Å². The van der Waals surface area contributed by atoms with Gasteiger partial charge in [0, 0.05) is 0 Å². The van der Waals surface area contributed by atoms with Crippen LogP contribution in [0.25, 0.3) is 0 Å². The third-order valence-electron chi connectivity index (χ3n) is 1.54. The van der Waals surface area contributed by atoms with Gasteiger partial charge in [0.15, 0.2) is 0 Å². The van der Waals surface area contributed by atoms with Crippen molar-refractivity contribution in [2.45, 2.75) is 20.3 Å². The second-order valence-electron chi connectivity index (χ2n) is 2.53. The summed E-state index contributed by atoms with van der Waals surface area (Å²) < 4.78 is 0. The molecule has 1 aliphatic carbocycles. The van der Waals surface area contributed by atoms with Gasteiger partial charge in [-0.05, 0) is 12.3 Å². The van der Waals surface area contributed by atoms with Gasteiger partial charge < -0.3 is 24.8 Å². The minimum absolute atomic E-state index is 0. The van der Waals surface area contributed by atoms with E-state index in [-0.39, 0.29) is 51.0 Å². The number of rotatable bonds is 1. The Morgan fingerprint density at radius 3 is 2.00 bits per heavy atom. The van der Waals surface area contributed by atoms with Crippen molar-refractivity contribution < 1.29 is 51.0 Å². The normalized spacial score (nSPS) is 12.8. The van der Waals surface area contributed by atoms with Crippen molar-refractivity contribution in [3.05, 3.63) is 23.8 Å². The molecule has 0 amide bonds. The predicted octanol–water partition coefficient (Wildman–Crippen LogP) is -3.47. The van der Waals surface area contributed by atoms with Crippen molar-refractivity contribution in [2.24, 2.45) is 5.92 Å². The van der Waals surface area contributed by atoms with Crippen molar-refractivity contribution in [1.29, 1.82) is 0 Å². The molecular formula is C8H12Cl2Zr. The Morgan fingerprint density at radius 1 is 1.27 bits per heavy atom. The van der Waals surface area contributed by atoms with Gasteiger partial charge in [0.05, 0.1) is 0 Å². The summed E-state index contributed by atoms with van der Waals surface area (Å²) in [6.07, 6.45) is 7.73. The first-order valence-corrected chi connectivity index (χ1v) is 3.16. The van der Waals surface area contributed by atoms with E-state index in [9.17, 15) is 0 Å². The maximum Gasteiger partial charge on any atom is 2.00 e. The molecule has 0 heterocycles. The summed E-state index contributed by atoms with van der Waals surface area (Å²) >= 11 is 0. The summed E-state index contributed by atoms with van der Waals surface area (Å²) in [5.41, 5.74) is 1.56. The van der Waals surface area contributed by atoms with Crippen LogP contribution in [0.4, 0.5) is 0 Å². The Hall–Kier alpha value is 0.943. The molecule has 3 heteroatoms. The second kappa shape index (κ2) is 9.03. The van der Waals surface area contributed by atoms with E-state index in [4.69, 9.17) is 0 Å². The van der Waals surface area contributed by atoms with Crippen LogP contribution in [0.1, 0.15) is 20.3 Å². The largest absolute Gasteiger partial charge is 2.00 e. The van der Waals surface area contributed by atoms with E-state index >= 15 is 0 Å². The molecule has 0 aliphatic heterocycles. The first kappa shape index (κ1) is 17.9. The fourth-order valence-electron chi connectivity index (χ4n) is 0.892. The Morgan fingerprint density at radius 2 is 1.82 bits per heavy atom. The van der Waals surface area contributed by atoms with Gasteiger partial charge in [-0.25, -0.2) is 0 Å². The van der Waals surface area contributed by atoms with Gasteiger partial charge in [0.2, 0.25) is 0 Å². The fraction of sp³-hybridized carbons (Fsp3) is 0.500. The van der Waals surface area contributed by atoms with Crippen LogP contribution in [-0.2, 0) is 26.2 Å². The monoisotopic (exact) mass is 268 g/mol. The van der Waals surface area contributed by atoms with Crippen molar-refractivity contribution >= 4 is 0 Å². The summed E-state index contributed by atoms with van der Waals surface area (Å²) in [6.45, 7) is 4.47. The molecule has 0 unspecified atom stereocenters. The zero-order chi connectivity index (χ0) is 5.98. The smallest absolute Gasteiger partial charge is 1.00 e. The van der Waals surface area contributed by atoms with E-state index in [1.54, 1.807) is 5.57 Å². The van der Waals surface area contributed by atoms with Crippen molar-refractivity contribution in [3.63, 3.8) is 0 Å². The minimum Gasteiger partial charge on any atom is -1.00 e. The molecule has 0 aromatic carbocycles. The Labute approximate surface area is 100 Å². The fourth-order valence-corrected chi connectivity index (χ4v) is 0.892. The molecule has 1 rings (SSSR count). The number of hydrogen-bond acceptors (Lipinski definition) is 0. The Balaban J connectivity index is -0.000000213. The predicted molar refractivity (Wildman–Crippen MR) is 36.7 cm³/mol. The SMILES string of the molecule is CC(C)C1=CC=CC1.[Cl-].[Cl-].[Zr+2]. The number of hydrogen-bond donors (Lipinski definition) is 0. The molecule has 0 fully saturated rings. The maximum atomic E-state index is 2.23. The molecule has 0 aromatic heterocycles. The molecule has 62 valence electrons. The summed E-state index contributed by atoms with van der Waals surface area (Å²) in [6, 6.07) is 0. The van der Waals surface area contributed by atoms with E-state index in [2.05, 4.69) is 32.1 Å². The van der Waals surface area contributed by atoms with Crippen molar-refractivity contribution in [1.82, 2.24) is 0 Å². The van der Waals surface area contributed by atoms with Crippen molar-refractivity contribution in [2.75, 3.05) is 0 Å². The topological polar surface area (TPSA) is 0 Å². The molecule has 0 bridgehead atoms. The molecule has 0 saturated heterocycles. The summed E-state index contributed by atoms with van der Waals surface area (Å²) in [7, 11) is 0. The molecular weight excluding hydrogens is 258 g/mol. The first-order chi connectivity index (χ1) is 3.80. The van der Waals surface area contributed by atoms with Gasteiger partial charge in [-0.3, -0.25) is 0 Å². The van der Waals surface area contributed by atoms with Crippen LogP contribution >= 0.6 is 0 Å². The summed E-state index contributed by atoms with van der Waals surface area (Å²) in [4.78, 5) is 0. The molecule has 11 heavy (non-hydrogen) atoms. The van der Waals surface area contributed by atoms with Gasteiger partial charge in [0.25, 0.3) is 0 Å². The third-order valence-corrected chi connectivity index (χ3v) is 1.54. The van der Waals surface area contributed by atoms with Crippen LogP contribution < -0.4 is 24.8 Å². The van der Waals surface area contributed by atoms with E-state index in [1.165, 1.54) is 6.42 Å². The van der Waals surface area contributed by atoms with Crippen molar-refractivity contribution in [3.8, 4) is 0 Å². The number of allylic oxidation sites excluding steroid dienone is 4. The Bertz CT molecular complexity index is 139. The zero-order valence-electron chi connectivity index (χ0n) is 6.77. The average molecular weight is 270 g/mol. The van der Waals surface area contributed by atoms with E-state index in [0.29, 0.717) is 0 Å². The molecule has 0 spiro atoms. The van der Waals surface area contributed by atoms with Gasteiger partial charge >= 0.3 is 26.2 Å². The quantitative estimate of drug-likeness (QED) is 0.465. The summed E-state index contributed by atoms with van der Waals surface area (Å²) in [5, 5.41) is 0. The molecule has 1 aliphatic rings. The summed E-state index contributed by atoms with van der Waals surface area (Å²) in [5.74, 6) is 0.741. The molecule has 0 aromatic rings. The number of halogens is 2. The van der Waals surface area contributed by atoms with Crippen LogP contribution in [-0.4, -0.2) is 0 Å². The third kappa shape index (κ3) is 6.14. The van der Waals surface area contributed by atoms with E-state index in [0.717, 1.165) is 5.92 Å². The Kier molecular flexibility index (Phi) is 14.7. The van der Waals surface area contributed by atoms with E-state index < -0.39 is 0 Å². The van der Waals surface area contributed by atoms with Crippen LogP contribution in [0, 0.1) is 5.92 Å². The first-order valence-electron chi connectivity index (χ1n) is 3.16. The van der Waals surface area contributed by atoms with Gasteiger partial charge in [0.1, 0.15) is 0 Å². The van der Waals surface area contributed by atoms with Crippen LogP contribution in [0.5, 0.6) is 0 Å². The minimum atomic E-state index is 0. The molecule has 0 saturated carbocycles. The van der Waals surface area contributed by atoms with Gasteiger partial charge in [-0.2, -0.15) is 0 Å². The second-order valence-corrected chi connectivity index (χ2v) is 2.53. The standard InChI is InChI=1S/C8H12.2ClH.Zr/c1-7(2)8-5-3-4-6-8;;;/h3-5,7H,6H2,1-2H3;2*1H;/q;;;+2/p-2. The molecule has 0 atom stereocenters. The van der Waals surface area contributed by atoms with E-state index in [1.807, 2.05) is 0 Å². The average Bonchev–Trinajstić information content (AvgIpc) is 2.12. The maximum absolute atomic E-state index is 2.23.